The van der Waals surface area contributed by atoms with Crippen LogP contribution >= 0.6 is 0 Å². The topological polar surface area (TPSA) is 17.1 Å². The van der Waals surface area contributed by atoms with Crippen LogP contribution in [0, 0.1) is 13.8 Å². The lowest BCUT2D eigenvalue weighted by Crippen LogP contribution is -2.13. The second-order valence-electron chi connectivity index (χ2n) is 6.30. The Bertz CT molecular complexity index is 412. The summed E-state index contributed by atoms with van der Waals surface area (Å²) in [5.41, 5.74) is 5.25. The first-order chi connectivity index (χ1) is 8.25. The van der Waals surface area contributed by atoms with E-state index in [1.807, 2.05) is 0 Å². The number of hydrogen-bond acceptors (Lipinski definition) is 1. The molecule has 0 unspecified atom stereocenters. The summed E-state index contributed by atoms with van der Waals surface area (Å²) in [5.74, 6) is 0.354. The van der Waals surface area contributed by atoms with E-state index in [1.54, 1.807) is 0 Å². The Morgan fingerprint density at radius 3 is 2.00 bits per heavy atom. The van der Waals surface area contributed by atoms with Gasteiger partial charge in [0.05, 0.1) is 0 Å². The first kappa shape index (κ1) is 14.9. The number of carbonyl (C=O) groups is 1. The average molecular weight is 246 g/mol. The highest BCUT2D eigenvalue weighted by atomic mass is 16.1. The number of hydrogen-bond donors (Lipinski definition) is 0. The van der Waals surface area contributed by atoms with Gasteiger partial charge in [0.1, 0.15) is 5.78 Å². The van der Waals surface area contributed by atoms with E-state index in [4.69, 9.17) is 0 Å². The standard InChI is InChI=1S/C17H26O/c1-7-8-15(18)11-16-12(2)9-14(10-13(16)3)17(4,5)6/h9-10H,7-8,11H2,1-6H3. The van der Waals surface area contributed by atoms with Crippen LogP contribution in [0.2, 0.25) is 0 Å². The molecule has 0 aliphatic heterocycles. The lowest BCUT2D eigenvalue weighted by Gasteiger charge is -2.22. The molecule has 0 saturated heterocycles. The van der Waals surface area contributed by atoms with Crippen molar-refractivity contribution in [1.29, 1.82) is 0 Å². The minimum absolute atomic E-state index is 0.168. The molecular weight excluding hydrogens is 220 g/mol. The summed E-state index contributed by atoms with van der Waals surface area (Å²) in [6.07, 6.45) is 2.23. The van der Waals surface area contributed by atoms with Crippen LogP contribution < -0.4 is 0 Å². The van der Waals surface area contributed by atoms with Gasteiger partial charge < -0.3 is 0 Å². The van der Waals surface area contributed by atoms with Gasteiger partial charge in [0.15, 0.2) is 0 Å². The van der Waals surface area contributed by atoms with E-state index in [-0.39, 0.29) is 5.41 Å². The maximum Gasteiger partial charge on any atom is 0.137 e. The molecule has 0 radical (unpaired) electrons. The first-order valence-electron chi connectivity index (χ1n) is 6.88. The van der Waals surface area contributed by atoms with Gasteiger partial charge in [0.2, 0.25) is 0 Å². The largest absolute Gasteiger partial charge is 0.299 e. The molecule has 1 aromatic carbocycles. The smallest absolute Gasteiger partial charge is 0.137 e. The molecule has 1 rings (SSSR count). The van der Waals surface area contributed by atoms with Crippen LogP contribution in [0.1, 0.15) is 62.8 Å². The Hall–Kier alpha value is -1.11. The molecule has 0 saturated carbocycles. The zero-order valence-corrected chi connectivity index (χ0v) is 12.7. The van der Waals surface area contributed by atoms with E-state index in [0.29, 0.717) is 18.6 Å². The van der Waals surface area contributed by atoms with Crippen molar-refractivity contribution in [3.63, 3.8) is 0 Å². The molecule has 0 aliphatic rings. The summed E-state index contributed by atoms with van der Waals surface area (Å²) >= 11 is 0. The van der Waals surface area contributed by atoms with E-state index in [1.165, 1.54) is 22.3 Å². The van der Waals surface area contributed by atoms with Crippen LogP contribution in [0.15, 0.2) is 12.1 Å². The fourth-order valence-corrected chi connectivity index (χ4v) is 2.27. The minimum atomic E-state index is 0.168. The maximum absolute atomic E-state index is 11.8. The second kappa shape index (κ2) is 5.69. The average Bonchev–Trinajstić information content (AvgIpc) is 2.22. The summed E-state index contributed by atoms with van der Waals surface area (Å²) in [6, 6.07) is 4.48. The van der Waals surface area contributed by atoms with Crippen LogP contribution in [0.25, 0.3) is 0 Å². The van der Waals surface area contributed by atoms with Crippen LogP contribution in [0.5, 0.6) is 0 Å². The number of rotatable bonds is 4. The molecule has 0 aromatic heterocycles. The van der Waals surface area contributed by atoms with Crippen molar-refractivity contribution in [2.75, 3.05) is 0 Å². The number of Topliss-reactive ketones (excluding diaryl/α,β-unsaturated/α-hetero) is 1. The fourth-order valence-electron chi connectivity index (χ4n) is 2.27. The van der Waals surface area contributed by atoms with Gasteiger partial charge >= 0.3 is 0 Å². The van der Waals surface area contributed by atoms with Crippen molar-refractivity contribution in [3.05, 3.63) is 34.4 Å². The van der Waals surface area contributed by atoms with Crippen molar-refractivity contribution >= 4 is 5.78 Å². The van der Waals surface area contributed by atoms with Crippen molar-refractivity contribution in [2.45, 2.75) is 66.2 Å². The van der Waals surface area contributed by atoms with Crippen molar-refractivity contribution in [3.8, 4) is 0 Å². The number of carbonyl (C=O) groups excluding carboxylic acids is 1. The summed E-state index contributed by atoms with van der Waals surface area (Å²) in [5, 5.41) is 0. The molecular formula is C17H26O. The molecule has 100 valence electrons. The van der Waals surface area contributed by atoms with Crippen LogP contribution in [0.3, 0.4) is 0 Å². The van der Waals surface area contributed by atoms with Gasteiger partial charge in [-0.15, -0.1) is 0 Å². The van der Waals surface area contributed by atoms with Gasteiger partial charge in [-0.3, -0.25) is 4.79 Å². The Morgan fingerprint density at radius 2 is 1.61 bits per heavy atom. The van der Waals surface area contributed by atoms with Crippen molar-refractivity contribution in [2.24, 2.45) is 0 Å². The minimum Gasteiger partial charge on any atom is -0.299 e. The molecule has 1 heteroatoms. The number of aryl methyl sites for hydroxylation is 2. The third-order valence-corrected chi connectivity index (χ3v) is 3.46. The zero-order valence-electron chi connectivity index (χ0n) is 12.7. The van der Waals surface area contributed by atoms with E-state index in [2.05, 4.69) is 53.7 Å². The summed E-state index contributed by atoms with van der Waals surface area (Å²) in [6.45, 7) is 13.0. The lowest BCUT2D eigenvalue weighted by molar-refractivity contribution is -0.118. The number of benzene rings is 1. The van der Waals surface area contributed by atoms with Gasteiger partial charge in [-0.1, -0.05) is 39.8 Å². The lowest BCUT2D eigenvalue weighted by atomic mass is 9.83. The predicted octanol–water partition coefficient (Wildman–Crippen LogP) is 4.51. The highest BCUT2D eigenvalue weighted by Gasteiger charge is 2.17. The molecule has 0 N–H and O–H groups in total. The molecule has 0 bridgehead atoms. The van der Waals surface area contributed by atoms with E-state index in [0.717, 1.165) is 6.42 Å². The predicted molar refractivity (Wildman–Crippen MR) is 78.2 cm³/mol. The van der Waals surface area contributed by atoms with Crippen LogP contribution in [-0.4, -0.2) is 5.78 Å². The third-order valence-electron chi connectivity index (χ3n) is 3.46. The molecule has 0 heterocycles. The van der Waals surface area contributed by atoms with Crippen LogP contribution in [0.4, 0.5) is 0 Å². The van der Waals surface area contributed by atoms with Gasteiger partial charge in [0, 0.05) is 12.8 Å². The highest BCUT2D eigenvalue weighted by Crippen LogP contribution is 2.27. The molecule has 1 aromatic rings. The normalized spacial score (nSPS) is 11.7. The van der Waals surface area contributed by atoms with E-state index in [9.17, 15) is 4.79 Å². The quantitative estimate of drug-likeness (QED) is 0.763. The summed E-state index contributed by atoms with van der Waals surface area (Å²) in [7, 11) is 0. The van der Waals surface area contributed by atoms with Gasteiger partial charge in [0.25, 0.3) is 0 Å². The molecule has 0 fully saturated rings. The highest BCUT2D eigenvalue weighted by molar-refractivity contribution is 5.81. The third kappa shape index (κ3) is 3.69. The monoisotopic (exact) mass is 246 g/mol. The van der Waals surface area contributed by atoms with Gasteiger partial charge in [-0.2, -0.15) is 0 Å². The van der Waals surface area contributed by atoms with Crippen molar-refractivity contribution < 1.29 is 4.79 Å². The summed E-state index contributed by atoms with van der Waals surface area (Å²) in [4.78, 5) is 11.8. The molecule has 18 heavy (non-hydrogen) atoms. The SMILES string of the molecule is CCCC(=O)Cc1c(C)cc(C(C)(C)C)cc1C. The first-order valence-corrected chi connectivity index (χ1v) is 6.88. The Balaban J connectivity index is 3.06. The zero-order chi connectivity index (χ0) is 13.9. The van der Waals surface area contributed by atoms with E-state index < -0.39 is 0 Å². The van der Waals surface area contributed by atoms with E-state index >= 15 is 0 Å². The Morgan fingerprint density at radius 1 is 1.11 bits per heavy atom. The van der Waals surface area contributed by atoms with Gasteiger partial charge in [-0.05, 0) is 47.9 Å². The van der Waals surface area contributed by atoms with Gasteiger partial charge in [-0.25, -0.2) is 0 Å². The summed E-state index contributed by atoms with van der Waals surface area (Å²) < 4.78 is 0. The Kier molecular flexibility index (Phi) is 4.72. The Labute approximate surface area is 112 Å². The van der Waals surface area contributed by atoms with Crippen LogP contribution in [-0.2, 0) is 16.6 Å². The molecule has 0 aliphatic carbocycles. The van der Waals surface area contributed by atoms with Crippen molar-refractivity contribution in [1.82, 2.24) is 0 Å². The molecule has 0 atom stereocenters. The molecule has 1 nitrogen and oxygen atoms in total. The fraction of sp³-hybridized carbons (Fsp3) is 0.588. The maximum atomic E-state index is 11.8. The second-order valence-corrected chi connectivity index (χ2v) is 6.30. The number of ketones is 1. The molecule has 0 spiro atoms. The molecule has 0 amide bonds.